The molecule has 3 rings (SSSR count). The van der Waals surface area contributed by atoms with E-state index in [2.05, 4.69) is 49.6 Å². The maximum absolute atomic E-state index is 5.36. The van der Waals surface area contributed by atoms with Gasteiger partial charge in [-0.1, -0.05) is 12.1 Å². The van der Waals surface area contributed by atoms with E-state index in [1.54, 1.807) is 21.3 Å². The molecule has 1 fully saturated rings. The molecule has 0 radical (unpaired) electrons. The zero-order chi connectivity index (χ0) is 21.3. The van der Waals surface area contributed by atoms with Crippen molar-refractivity contribution in [3.8, 4) is 11.5 Å². The Morgan fingerprint density at radius 3 is 2.19 bits per heavy atom. The molecule has 0 bridgehead atoms. The standard InChI is InChI=1S/C22H32N6O2.HI/c1-23-22(25-14-17-5-7-19(29-3)20(13-17)30-4)26-16-18-6-8-21(24-15-18)28-11-9-27(2)10-12-28;/h5-8,13,15H,9-12,14,16H2,1-4H3,(H2,23,25,26);1H. The summed E-state index contributed by atoms with van der Waals surface area (Å²) in [4.78, 5) is 13.6. The monoisotopic (exact) mass is 540 g/mol. The molecule has 0 unspecified atom stereocenters. The van der Waals surface area contributed by atoms with Crippen LogP contribution in [0.1, 0.15) is 11.1 Å². The van der Waals surface area contributed by atoms with Crippen molar-refractivity contribution >= 4 is 35.8 Å². The fourth-order valence-electron chi connectivity index (χ4n) is 3.33. The number of piperazine rings is 1. The average molecular weight is 540 g/mol. The number of pyridine rings is 1. The number of aliphatic imine (C=N–C) groups is 1. The van der Waals surface area contributed by atoms with E-state index in [4.69, 9.17) is 9.47 Å². The molecule has 2 aromatic rings. The molecule has 1 aliphatic rings. The quantitative estimate of drug-likeness (QED) is 0.318. The number of nitrogens with zero attached hydrogens (tertiary/aromatic N) is 4. The van der Waals surface area contributed by atoms with E-state index in [1.807, 2.05) is 24.4 Å². The summed E-state index contributed by atoms with van der Waals surface area (Å²) in [7, 11) is 7.19. The van der Waals surface area contributed by atoms with E-state index in [-0.39, 0.29) is 24.0 Å². The number of anilines is 1. The molecule has 9 heteroatoms. The molecular weight excluding hydrogens is 507 g/mol. The molecule has 170 valence electrons. The second-order valence-electron chi connectivity index (χ2n) is 7.28. The minimum absolute atomic E-state index is 0. The van der Waals surface area contributed by atoms with Crippen LogP contribution >= 0.6 is 24.0 Å². The lowest BCUT2D eigenvalue weighted by Crippen LogP contribution is -2.44. The third-order valence-electron chi connectivity index (χ3n) is 5.23. The van der Waals surface area contributed by atoms with Crippen LogP contribution in [-0.4, -0.2) is 70.3 Å². The Balaban J connectivity index is 0.00000341. The van der Waals surface area contributed by atoms with Crippen molar-refractivity contribution in [2.24, 2.45) is 4.99 Å². The third-order valence-corrected chi connectivity index (χ3v) is 5.23. The topological polar surface area (TPSA) is 74.3 Å². The number of guanidine groups is 1. The number of halogens is 1. The largest absolute Gasteiger partial charge is 0.493 e. The van der Waals surface area contributed by atoms with Gasteiger partial charge in [-0.25, -0.2) is 4.98 Å². The summed E-state index contributed by atoms with van der Waals surface area (Å²) in [6.07, 6.45) is 1.93. The van der Waals surface area contributed by atoms with E-state index < -0.39 is 0 Å². The van der Waals surface area contributed by atoms with Crippen molar-refractivity contribution < 1.29 is 9.47 Å². The number of methoxy groups -OCH3 is 2. The first-order valence-electron chi connectivity index (χ1n) is 10.2. The van der Waals surface area contributed by atoms with Gasteiger partial charge in [-0.05, 0) is 36.4 Å². The average Bonchev–Trinajstić information content (AvgIpc) is 2.80. The maximum atomic E-state index is 5.36. The second kappa shape index (κ2) is 12.6. The molecular formula is C22H33IN6O2. The molecule has 0 spiro atoms. The highest BCUT2D eigenvalue weighted by molar-refractivity contribution is 14.0. The Hall–Kier alpha value is -2.27. The number of ether oxygens (including phenoxy) is 2. The van der Waals surface area contributed by atoms with Crippen molar-refractivity contribution in [2.45, 2.75) is 13.1 Å². The molecule has 0 saturated carbocycles. The van der Waals surface area contributed by atoms with Crippen LogP contribution in [-0.2, 0) is 13.1 Å². The van der Waals surface area contributed by atoms with Gasteiger partial charge in [0.05, 0.1) is 14.2 Å². The molecule has 2 N–H and O–H groups in total. The lowest BCUT2D eigenvalue weighted by molar-refractivity contribution is 0.312. The molecule has 8 nitrogen and oxygen atoms in total. The number of nitrogens with one attached hydrogen (secondary N) is 2. The lowest BCUT2D eigenvalue weighted by atomic mass is 10.2. The number of aromatic nitrogens is 1. The van der Waals surface area contributed by atoms with Gasteiger partial charge in [0.2, 0.25) is 0 Å². The molecule has 1 aliphatic heterocycles. The smallest absolute Gasteiger partial charge is 0.191 e. The number of likely N-dealkylation sites (N-methyl/N-ethyl adjacent to an activating group) is 1. The summed E-state index contributed by atoms with van der Waals surface area (Å²) in [5.74, 6) is 3.21. The number of hydrogen-bond acceptors (Lipinski definition) is 6. The van der Waals surface area contributed by atoms with Crippen molar-refractivity contribution in [1.82, 2.24) is 20.5 Å². The van der Waals surface area contributed by atoms with E-state index in [0.717, 1.165) is 54.8 Å². The van der Waals surface area contributed by atoms with Crippen LogP contribution in [0.5, 0.6) is 11.5 Å². The van der Waals surface area contributed by atoms with Gasteiger partial charge in [0.1, 0.15) is 5.82 Å². The van der Waals surface area contributed by atoms with Gasteiger partial charge in [-0.3, -0.25) is 4.99 Å². The summed E-state index contributed by atoms with van der Waals surface area (Å²) in [5.41, 5.74) is 2.19. The number of rotatable bonds is 7. The Labute approximate surface area is 202 Å². The second-order valence-corrected chi connectivity index (χ2v) is 7.28. The minimum atomic E-state index is 0. The number of benzene rings is 1. The van der Waals surface area contributed by atoms with Crippen LogP contribution < -0.4 is 25.0 Å². The molecule has 0 amide bonds. The zero-order valence-electron chi connectivity index (χ0n) is 18.7. The Morgan fingerprint density at radius 1 is 0.968 bits per heavy atom. The summed E-state index contributed by atoms with van der Waals surface area (Å²) >= 11 is 0. The molecule has 1 aromatic carbocycles. The first kappa shape index (κ1) is 25.0. The highest BCUT2D eigenvalue weighted by Crippen LogP contribution is 2.27. The van der Waals surface area contributed by atoms with E-state index in [1.165, 1.54) is 0 Å². The fourth-order valence-corrected chi connectivity index (χ4v) is 3.33. The van der Waals surface area contributed by atoms with Crippen LogP contribution in [0, 0.1) is 0 Å². The van der Waals surface area contributed by atoms with Crippen LogP contribution in [0.15, 0.2) is 41.5 Å². The van der Waals surface area contributed by atoms with Crippen LogP contribution in [0.4, 0.5) is 5.82 Å². The Morgan fingerprint density at radius 2 is 1.61 bits per heavy atom. The maximum Gasteiger partial charge on any atom is 0.191 e. The van der Waals surface area contributed by atoms with Crippen LogP contribution in [0.3, 0.4) is 0 Å². The van der Waals surface area contributed by atoms with E-state index in [0.29, 0.717) is 18.8 Å². The van der Waals surface area contributed by atoms with Gasteiger partial charge in [-0.2, -0.15) is 0 Å². The SMILES string of the molecule is CN=C(NCc1ccc(N2CCN(C)CC2)nc1)NCc1ccc(OC)c(OC)c1.I. The first-order valence-corrected chi connectivity index (χ1v) is 10.2. The lowest BCUT2D eigenvalue weighted by Gasteiger charge is -2.33. The highest BCUT2D eigenvalue weighted by Gasteiger charge is 2.15. The molecule has 0 aliphatic carbocycles. The van der Waals surface area contributed by atoms with Crippen LogP contribution in [0.2, 0.25) is 0 Å². The van der Waals surface area contributed by atoms with Crippen molar-refractivity contribution in [3.63, 3.8) is 0 Å². The molecule has 0 atom stereocenters. The Kier molecular flexibility index (Phi) is 10.1. The number of hydrogen-bond donors (Lipinski definition) is 2. The predicted octanol–water partition coefficient (Wildman–Crippen LogP) is 2.33. The minimum Gasteiger partial charge on any atom is -0.493 e. The molecule has 1 saturated heterocycles. The zero-order valence-corrected chi connectivity index (χ0v) is 21.1. The molecule has 31 heavy (non-hydrogen) atoms. The van der Waals surface area contributed by atoms with Gasteiger partial charge in [-0.15, -0.1) is 24.0 Å². The molecule has 2 heterocycles. The highest BCUT2D eigenvalue weighted by atomic mass is 127. The summed E-state index contributed by atoms with van der Waals surface area (Å²) in [6.45, 7) is 5.48. The summed E-state index contributed by atoms with van der Waals surface area (Å²) < 4.78 is 10.6. The van der Waals surface area contributed by atoms with Crippen molar-refractivity contribution in [2.75, 3.05) is 59.4 Å². The van der Waals surface area contributed by atoms with Gasteiger partial charge >= 0.3 is 0 Å². The van der Waals surface area contributed by atoms with Gasteiger partial charge in [0.15, 0.2) is 17.5 Å². The Bertz CT molecular complexity index is 838. The normalized spacial score (nSPS) is 14.6. The first-order chi connectivity index (χ1) is 14.6. The van der Waals surface area contributed by atoms with E-state index in [9.17, 15) is 0 Å². The van der Waals surface area contributed by atoms with Gasteiger partial charge in [0, 0.05) is 52.5 Å². The third kappa shape index (κ3) is 7.13. The molecule has 1 aromatic heterocycles. The van der Waals surface area contributed by atoms with Gasteiger partial charge in [0.25, 0.3) is 0 Å². The van der Waals surface area contributed by atoms with Crippen molar-refractivity contribution in [1.29, 1.82) is 0 Å². The van der Waals surface area contributed by atoms with Gasteiger partial charge < -0.3 is 29.9 Å². The van der Waals surface area contributed by atoms with E-state index >= 15 is 0 Å². The van der Waals surface area contributed by atoms with Crippen molar-refractivity contribution in [3.05, 3.63) is 47.7 Å². The summed E-state index contributed by atoms with van der Waals surface area (Å²) in [5, 5.41) is 6.66. The fraction of sp³-hybridized carbons (Fsp3) is 0.455. The van der Waals surface area contributed by atoms with Crippen LogP contribution in [0.25, 0.3) is 0 Å². The summed E-state index contributed by atoms with van der Waals surface area (Å²) in [6, 6.07) is 10.1. The predicted molar refractivity (Wildman–Crippen MR) is 136 cm³/mol.